The maximum absolute atomic E-state index is 3.46. The lowest BCUT2D eigenvalue weighted by molar-refractivity contribution is 0.111. The molecule has 0 amide bonds. The van der Waals surface area contributed by atoms with Gasteiger partial charge in [-0.05, 0) is 35.9 Å². The number of nitrogens with one attached hydrogen (secondary N) is 1. The van der Waals surface area contributed by atoms with Gasteiger partial charge in [0.25, 0.3) is 0 Å². The largest absolute Gasteiger partial charge is 0.310 e. The molecule has 1 heterocycles. The third-order valence-corrected chi connectivity index (χ3v) is 4.12. The van der Waals surface area contributed by atoms with Crippen LogP contribution >= 0.6 is 0 Å². The molecule has 0 spiro atoms. The second kappa shape index (κ2) is 6.73. The summed E-state index contributed by atoms with van der Waals surface area (Å²) in [7, 11) is 0. The molecule has 1 saturated heterocycles. The maximum atomic E-state index is 3.46. The van der Waals surface area contributed by atoms with Gasteiger partial charge in [-0.2, -0.15) is 0 Å². The molecule has 0 atom stereocenters. The summed E-state index contributed by atoms with van der Waals surface area (Å²) in [5.41, 5.74) is 3.30. The lowest BCUT2D eigenvalue weighted by Gasteiger charge is -2.38. The molecule has 1 fully saturated rings. The summed E-state index contributed by atoms with van der Waals surface area (Å²) in [6, 6.07) is 9.66. The van der Waals surface area contributed by atoms with Gasteiger partial charge in [0, 0.05) is 25.7 Å². The van der Waals surface area contributed by atoms with E-state index in [0.717, 1.165) is 13.1 Å². The Morgan fingerprint density at radius 3 is 2.40 bits per heavy atom. The van der Waals surface area contributed by atoms with Crippen molar-refractivity contribution < 1.29 is 0 Å². The molecule has 112 valence electrons. The summed E-state index contributed by atoms with van der Waals surface area (Å²) in [4.78, 5) is 2.60. The highest BCUT2D eigenvalue weighted by Gasteiger charge is 2.25. The third-order valence-electron chi connectivity index (χ3n) is 4.12. The molecule has 0 bridgehead atoms. The van der Waals surface area contributed by atoms with Crippen LogP contribution in [0.3, 0.4) is 0 Å². The minimum atomic E-state index is 0.485. The number of likely N-dealkylation sites (tertiary alicyclic amines) is 1. The van der Waals surface area contributed by atoms with Gasteiger partial charge in [-0.15, -0.1) is 0 Å². The molecular weight excluding hydrogens is 244 g/mol. The first-order chi connectivity index (χ1) is 9.44. The lowest BCUT2D eigenvalue weighted by atomic mass is 9.84. The van der Waals surface area contributed by atoms with Crippen LogP contribution in [0.1, 0.15) is 51.7 Å². The molecule has 0 radical (unpaired) electrons. The molecule has 2 heteroatoms. The van der Waals surface area contributed by atoms with E-state index in [9.17, 15) is 0 Å². The summed E-state index contributed by atoms with van der Waals surface area (Å²) in [5, 5.41) is 3.46. The van der Waals surface area contributed by atoms with Gasteiger partial charge < -0.3 is 5.32 Å². The summed E-state index contributed by atoms with van der Waals surface area (Å²) < 4.78 is 0. The van der Waals surface area contributed by atoms with Gasteiger partial charge in [0.15, 0.2) is 0 Å². The first-order valence-electron chi connectivity index (χ1n) is 7.98. The number of hydrogen-bond acceptors (Lipinski definition) is 2. The van der Waals surface area contributed by atoms with Gasteiger partial charge in [0.2, 0.25) is 0 Å². The average Bonchev–Trinajstić information content (AvgIpc) is 2.36. The quantitative estimate of drug-likeness (QED) is 0.878. The lowest BCUT2D eigenvalue weighted by Crippen LogP contribution is -2.39. The molecule has 1 aromatic carbocycles. The van der Waals surface area contributed by atoms with E-state index in [2.05, 4.69) is 62.2 Å². The third kappa shape index (κ3) is 4.92. The molecule has 1 aromatic rings. The maximum Gasteiger partial charge on any atom is 0.0233 e. The Labute approximate surface area is 124 Å². The Bertz CT molecular complexity index is 406. The summed E-state index contributed by atoms with van der Waals surface area (Å²) in [6.45, 7) is 13.7. The molecule has 2 nitrogen and oxygen atoms in total. The van der Waals surface area contributed by atoms with Crippen molar-refractivity contribution in [3.05, 3.63) is 35.4 Å². The van der Waals surface area contributed by atoms with E-state index in [0.29, 0.717) is 11.5 Å². The zero-order valence-electron chi connectivity index (χ0n) is 13.6. The van der Waals surface area contributed by atoms with E-state index in [-0.39, 0.29) is 0 Å². The molecule has 0 aliphatic carbocycles. The Kier molecular flexibility index (Phi) is 5.22. The van der Waals surface area contributed by atoms with Crippen molar-refractivity contribution in [1.29, 1.82) is 0 Å². The van der Waals surface area contributed by atoms with Gasteiger partial charge in [-0.1, -0.05) is 52.0 Å². The van der Waals surface area contributed by atoms with Crippen LogP contribution in [-0.4, -0.2) is 24.0 Å². The number of hydrogen-bond donors (Lipinski definition) is 1. The van der Waals surface area contributed by atoms with Crippen molar-refractivity contribution in [3.63, 3.8) is 0 Å². The molecule has 20 heavy (non-hydrogen) atoms. The van der Waals surface area contributed by atoms with Crippen LogP contribution in [0.5, 0.6) is 0 Å². The van der Waals surface area contributed by atoms with Crippen LogP contribution in [0.25, 0.3) is 0 Å². The number of benzene rings is 1. The van der Waals surface area contributed by atoms with Gasteiger partial charge >= 0.3 is 0 Å². The minimum Gasteiger partial charge on any atom is -0.310 e. The molecule has 1 N–H and O–H groups in total. The topological polar surface area (TPSA) is 15.3 Å². The molecule has 1 aliphatic heterocycles. The predicted molar refractivity (Wildman–Crippen MR) is 86.7 cm³/mol. The smallest absolute Gasteiger partial charge is 0.0233 e. The van der Waals surface area contributed by atoms with Crippen LogP contribution in [-0.2, 0) is 13.1 Å². The number of nitrogens with zero attached hydrogens (tertiary/aromatic N) is 1. The van der Waals surface area contributed by atoms with Crippen LogP contribution in [0.15, 0.2) is 24.3 Å². The first kappa shape index (κ1) is 15.5. The number of piperidine rings is 1. The van der Waals surface area contributed by atoms with Crippen molar-refractivity contribution in [3.8, 4) is 0 Å². The Balaban J connectivity index is 1.87. The molecule has 0 unspecified atom stereocenters. The summed E-state index contributed by atoms with van der Waals surface area (Å²) in [5.74, 6) is 0. The van der Waals surface area contributed by atoms with Crippen molar-refractivity contribution >= 4 is 0 Å². The van der Waals surface area contributed by atoms with E-state index in [4.69, 9.17) is 0 Å². The zero-order chi connectivity index (χ0) is 14.6. The van der Waals surface area contributed by atoms with E-state index < -0.39 is 0 Å². The monoisotopic (exact) mass is 274 g/mol. The van der Waals surface area contributed by atoms with Gasteiger partial charge in [-0.25, -0.2) is 0 Å². The van der Waals surface area contributed by atoms with Crippen molar-refractivity contribution in [2.75, 3.05) is 13.1 Å². The van der Waals surface area contributed by atoms with Crippen LogP contribution in [0.4, 0.5) is 0 Å². The van der Waals surface area contributed by atoms with E-state index in [1.165, 1.54) is 37.1 Å². The average molecular weight is 274 g/mol. The SMILES string of the molecule is CC(C)NCc1ccc(CN2CCCC(C)(C)C2)cc1. The fraction of sp³-hybridized carbons (Fsp3) is 0.667. The van der Waals surface area contributed by atoms with Crippen molar-refractivity contribution in [2.24, 2.45) is 5.41 Å². The van der Waals surface area contributed by atoms with Gasteiger partial charge in [-0.3, -0.25) is 4.90 Å². The normalized spacial score (nSPS) is 19.4. The summed E-state index contributed by atoms with van der Waals surface area (Å²) >= 11 is 0. The van der Waals surface area contributed by atoms with Crippen LogP contribution in [0, 0.1) is 5.41 Å². The van der Waals surface area contributed by atoms with Crippen LogP contribution in [0.2, 0.25) is 0 Å². The second-order valence-electron chi connectivity index (χ2n) is 7.33. The van der Waals surface area contributed by atoms with Crippen LogP contribution < -0.4 is 5.32 Å². The second-order valence-corrected chi connectivity index (χ2v) is 7.33. The van der Waals surface area contributed by atoms with Crippen molar-refractivity contribution in [1.82, 2.24) is 10.2 Å². The van der Waals surface area contributed by atoms with E-state index in [1.807, 2.05) is 0 Å². The fourth-order valence-electron chi connectivity index (χ4n) is 3.02. The van der Waals surface area contributed by atoms with Gasteiger partial charge in [0.05, 0.1) is 0 Å². The molecule has 1 aliphatic rings. The van der Waals surface area contributed by atoms with Crippen molar-refractivity contribution in [2.45, 2.75) is 59.7 Å². The predicted octanol–water partition coefficient (Wildman–Crippen LogP) is 3.81. The molecule has 2 rings (SSSR count). The standard InChI is InChI=1S/C18H30N2/c1-15(2)19-12-16-6-8-17(9-7-16)13-20-11-5-10-18(3,4)14-20/h6-9,15,19H,5,10-14H2,1-4H3. The molecular formula is C18H30N2. The Hall–Kier alpha value is -0.860. The summed E-state index contributed by atoms with van der Waals surface area (Å²) in [6.07, 6.45) is 2.70. The highest BCUT2D eigenvalue weighted by Crippen LogP contribution is 2.29. The fourth-order valence-corrected chi connectivity index (χ4v) is 3.02. The van der Waals surface area contributed by atoms with Gasteiger partial charge in [0.1, 0.15) is 0 Å². The zero-order valence-corrected chi connectivity index (χ0v) is 13.6. The van der Waals surface area contributed by atoms with E-state index >= 15 is 0 Å². The highest BCUT2D eigenvalue weighted by atomic mass is 15.1. The molecule has 0 saturated carbocycles. The Morgan fingerprint density at radius 2 is 1.80 bits per heavy atom. The minimum absolute atomic E-state index is 0.485. The number of rotatable bonds is 5. The Morgan fingerprint density at radius 1 is 1.15 bits per heavy atom. The molecule has 0 aromatic heterocycles. The van der Waals surface area contributed by atoms with E-state index in [1.54, 1.807) is 0 Å². The first-order valence-corrected chi connectivity index (χ1v) is 7.98. The highest BCUT2D eigenvalue weighted by molar-refractivity contribution is 5.22.